The molecule has 0 fully saturated rings. The monoisotopic (exact) mass is 301 g/mol. The second-order valence-corrected chi connectivity index (χ2v) is 5.21. The highest BCUT2D eigenvalue weighted by Crippen LogP contribution is 2.15. The van der Waals surface area contributed by atoms with Gasteiger partial charge in [0, 0.05) is 31.4 Å². The molecule has 0 atom stereocenters. The Kier molecular flexibility index (Phi) is 5.14. The highest BCUT2D eigenvalue weighted by Gasteiger charge is 2.11. The molecular weight excluding hydrogens is 278 g/mol. The average Bonchev–Trinajstić information content (AvgIpc) is 2.79. The minimum absolute atomic E-state index is 0.188. The first-order chi connectivity index (χ1) is 10.6. The van der Waals surface area contributed by atoms with Crippen LogP contribution in [0.5, 0.6) is 0 Å². The molecule has 118 valence electrons. The molecule has 0 spiro atoms. The lowest BCUT2D eigenvalue weighted by Gasteiger charge is -2.08. The Labute approximate surface area is 130 Å². The molecule has 6 heteroatoms. The van der Waals surface area contributed by atoms with Gasteiger partial charge in [-0.25, -0.2) is 4.98 Å². The van der Waals surface area contributed by atoms with Crippen LogP contribution < -0.4 is 10.6 Å². The molecule has 6 nitrogen and oxygen atoms in total. The molecule has 0 aliphatic heterocycles. The first-order valence-electron chi connectivity index (χ1n) is 7.52. The Morgan fingerprint density at radius 2 is 2.09 bits per heavy atom. The van der Waals surface area contributed by atoms with Crippen molar-refractivity contribution < 1.29 is 4.79 Å². The van der Waals surface area contributed by atoms with Gasteiger partial charge in [-0.05, 0) is 32.4 Å². The molecule has 22 heavy (non-hydrogen) atoms. The minimum Gasteiger partial charge on any atom is -0.366 e. The third-order valence-corrected chi connectivity index (χ3v) is 3.62. The van der Waals surface area contributed by atoms with Crippen LogP contribution in [0.2, 0.25) is 0 Å². The molecule has 0 saturated heterocycles. The van der Waals surface area contributed by atoms with Gasteiger partial charge in [0.05, 0.1) is 5.69 Å². The maximum atomic E-state index is 11.6. The number of pyridine rings is 1. The van der Waals surface area contributed by atoms with E-state index in [-0.39, 0.29) is 5.91 Å². The van der Waals surface area contributed by atoms with Crippen LogP contribution in [-0.2, 0) is 13.1 Å². The SMILES string of the molecule is CCCn1nc(C)c(CNc2cccc(C(=O)NC)n2)c1C. The van der Waals surface area contributed by atoms with E-state index in [1.54, 1.807) is 13.1 Å². The zero-order valence-corrected chi connectivity index (χ0v) is 13.6. The molecule has 0 aliphatic rings. The fourth-order valence-electron chi connectivity index (χ4n) is 2.39. The van der Waals surface area contributed by atoms with Crippen LogP contribution in [0.15, 0.2) is 18.2 Å². The molecule has 0 aromatic carbocycles. The van der Waals surface area contributed by atoms with Crippen LogP contribution in [0.4, 0.5) is 5.82 Å². The molecule has 1 amide bonds. The fourth-order valence-corrected chi connectivity index (χ4v) is 2.39. The first-order valence-corrected chi connectivity index (χ1v) is 7.52. The lowest BCUT2D eigenvalue weighted by molar-refractivity contribution is 0.0958. The summed E-state index contributed by atoms with van der Waals surface area (Å²) in [5.74, 6) is 0.495. The molecule has 0 unspecified atom stereocenters. The van der Waals surface area contributed by atoms with E-state index in [1.165, 1.54) is 11.3 Å². The summed E-state index contributed by atoms with van der Waals surface area (Å²) in [5, 5.41) is 10.4. The maximum absolute atomic E-state index is 11.6. The number of anilines is 1. The van der Waals surface area contributed by atoms with Gasteiger partial charge in [-0.1, -0.05) is 13.0 Å². The van der Waals surface area contributed by atoms with Crippen molar-refractivity contribution in [3.8, 4) is 0 Å². The molecule has 2 rings (SSSR count). The van der Waals surface area contributed by atoms with Crippen molar-refractivity contribution in [2.75, 3.05) is 12.4 Å². The average molecular weight is 301 g/mol. The number of nitrogens with zero attached hydrogens (tertiary/aromatic N) is 3. The second-order valence-electron chi connectivity index (χ2n) is 5.21. The van der Waals surface area contributed by atoms with Gasteiger partial charge in [0.1, 0.15) is 11.5 Å². The highest BCUT2D eigenvalue weighted by atomic mass is 16.1. The topological polar surface area (TPSA) is 71.8 Å². The Morgan fingerprint density at radius 3 is 2.77 bits per heavy atom. The summed E-state index contributed by atoms with van der Waals surface area (Å²) in [6.07, 6.45) is 1.06. The van der Waals surface area contributed by atoms with E-state index in [2.05, 4.69) is 34.6 Å². The van der Waals surface area contributed by atoms with Gasteiger partial charge in [-0.3, -0.25) is 9.48 Å². The summed E-state index contributed by atoms with van der Waals surface area (Å²) in [6.45, 7) is 7.82. The molecule has 0 aliphatic carbocycles. The zero-order chi connectivity index (χ0) is 16.1. The van der Waals surface area contributed by atoms with Crippen molar-refractivity contribution in [1.29, 1.82) is 0 Å². The van der Waals surface area contributed by atoms with Crippen LogP contribution in [0.25, 0.3) is 0 Å². The van der Waals surface area contributed by atoms with Crippen LogP contribution in [-0.4, -0.2) is 27.7 Å². The summed E-state index contributed by atoms with van der Waals surface area (Å²) in [7, 11) is 1.60. The number of hydrogen-bond donors (Lipinski definition) is 2. The smallest absolute Gasteiger partial charge is 0.269 e. The number of rotatable bonds is 6. The lowest BCUT2D eigenvalue weighted by atomic mass is 10.2. The number of aromatic nitrogens is 3. The van der Waals surface area contributed by atoms with Gasteiger partial charge in [-0.2, -0.15) is 5.10 Å². The van der Waals surface area contributed by atoms with Crippen molar-refractivity contribution in [2.45, 2.75) is 40.3 Å². The molecule has 0 radical (unpaired) electrons. The lowest BCUT2D eigenvalue weighted by Crippen LogP contribution is -2.19. The van der Waals surface area contributed by atoms with E-state index in [4.69, 9.17) is 0 Å². The van der Waals surface area contributed by atoms with Crippen LogP contribution in [0, 0.1) is 13.8 Å². The number of amides is 1. The van der Waals surface area contributed by atoms with Crippen LogP contribution in [0.3, 0.4) is 0 Å². The number of nitrogens with one attached hydrogen (secondary N) is 2. The minimum atomic E-state index is -0.188. The van der Waals surface area contributed by atoms with E-state index in [1.807, 2.05) is 23.7 Å². The van der Waals surface area contributed by atoms with E-state index in [9.17, 15) is 4.79 Å². The molecule has 2 heterocycles. The quantitative estimate of drug-likeness (QED) is 0.858. The zero-order valence-electron chi connectivity index (χ0n) is 13.6. The number of hydrogen-bond acceptors (Lipinski definition) is 4. The van der Waals surface area contributed by atoms with E-state index >= 15 is 0 Å². The second kappa shape index (κ2) is 7.06. The normalized spacial score (nSPS) is 10.5. The van der Waals surface area contributed by atoms with Crippen molar-refractivity contribution in [1.82, 2.24) is 20.1 Å². The molecule has 0 saturated carbocycles. The molecule has 2 N–H and O–H groups in total. The molecule has 2 aromatic rings. The van der Waals surface area contributed by atoms with Crippen molar-refractivity contribution in [3.05, 3.63) is 40.8 Å². The predicted octanol–water partition coefficient (Wildman–Crippen LogP) is 2.28. The van der Waals surface area contributed by atoms with E-state index < -0.39 is 0 Å². The third-order valence-electron chi connectivity index (χ3n) is 3.62. The van der Waals surface area contributed by atoms with E-state index in [0.29, 0.717) is 18.1 Å². The van der Waals surface area contributed by atoms with Crippen LogP contribution >= 0.6 is 0 Å². The maximum Gasteiger partial charge on any atom is 0.269 e. The Balaban J connectivity index is 2.12. The Morgan fingerprint density at radius 1 is 1.32 bits per heavy atom. The summed E-state index contributed by atoms with van der Waals surface area (Å²) >= 11 is 0. The predicted molar refractivity (Wildman–Crippen MR) is 86.9 cm³/mol. The third kappa shape index (κ3) is 3.44. The fraction of sp³-hybridized carbons (Fsp3) is 0.438. The van der Waals surface area contributed by atoms with Gasteiger partial charge in [0.2, 0.25) is 0 Å². The van der Waals surface area contributed by atoms with Gasteiger partial charge < -0.3 is 10.6 Å². The standard InChI is InChI=1S/C16H23N5O/c1-5-9-21-12(3)13(11(2)20-21)10-18-15-8-6-7-14(19-15)16(22)17-4/h6-8H,5,9-10H2,1-4H3,(H,17,22)(H,18,19). The first kappa shape index (κ1) is 16.0. The van der Waals surface area contributed by atoms with Gasteiger partial charge in [0.25, 0.3) is 5.91 Å². The van der Waals surface area contributed by atoms with Crippen molar-refractivity contribution in [3.63, 3.8) is 0 Å². The Hall–Kier alpha value is -2.37. The number of carbonyl (C=O) groups excluding carboxylic acids is 1. The molecule has 0 bridgehead atoms. The largest absolute Gasteiger partial charge is 0.366 e. The van der Waals surface area contributed by atoms with Gasteiger partial charge >= 0.3 is 0 Å². The number of carbonyl (C=O) groups is 1. The molecular formula is C16H23N5O. The highest BCUT2D eigenvalue weighted by molar-refractivity contribution is 5.92. The van der Waals surface area contributed by atoms with Gasteiger partial charge in [0.15, 0.2) is 0 Å². The van der Waals surface area contributed by atoms with Crippen molar-refractivity contribution in [2.24, 2.45) is 0 Å². The van der Waals surface area contributed by atoms with Gasteiger partial charge in [-0.15, -0.1) is 0 Å². The summed E-state index contributed by atoms with van der Waals surface area (Å²) in [6, 6.07) is 5.37. The van der Waals surface area contributed by atoms with Crippen LogP contribution in [0.1, 0.15) is 40.8 Å². The summed E-state index contributed by atoms with van der Waals surface area (Å²) in [4.78, 5) is 15.9. The van der Waals surface area contributed by atoms with Crippen molar-refractivity contribution >= 4 is 11.7 Å². The molecule has 2 aromatic heterocycles. The summed E-state index contributed by atoms with van der Waals surface area (Å²) < 4.78 is 2.04. The van der Waals surface area contributed by atoms with E-state index in [0.717, 1.165) is 18.7 Å². The summed E-state index contributed by atoms with van der Waals surface area (Å²) in [5.41, 5.74) is 3.79. The number of aryl methyl sites for hydroxylation is 2. The Bertz CT molecular complexity index is 663.